The summed E-state index contributed by atoms with van der Waals surface area (Å²) in [5.41, 5.74) is -0.0255. The van der Waals surface area contributed by atoms with Crippen LogP contribution in [0.4, 0.5) is 0 Å². The van der Waals surface area contributed by atoms with Crippen molar-refractivity contribution in [1.82, 2.24) is 5.32 Å². The van der Waals surface area contributed by atoms with Gasteiger partial charge in [0.25, 0.3) is 0 Å². The average Bonchev–Trinajstić information content (AvgIpc) is 2.89. The van der Waals surface area contributed by atoms with Gasteiger partial charge in [-0.3, -0.25) is 0 Å². The summed E-state index contributed by atoms with van der Waals surface area (Å²) in [5.74, 6) is 0.942. The van der Waals surface area contributed by atoms with Crippen molar-refractivity contribution in [2.45, 2.75) is 51.7 Å². The van der Waals surface area contributed by atoms with E-state index in [2.05, 4.69) is 26.1 Å². The van der Waals surface area contributed by atoms with Crippen molar-refractivity contribution < 1.29 is 4.74 Å². The largest absolute Gasteiger partial charge is 0.377 e. The topological polar surface area (TPSA) is 21.3 Å². The van der Waals surface area contributed by atoms with E-state index in [1.807, 2.05) is 0 Å². The van der Waals surface area contributed by atoms with Crippen LogP contribution in [0.15, 0.2) is 0 Å². The zero-order valence-corrected chi connectivity index (χ0v) is 9.39. The van der Waals surface area contributed by atoms with Gasteiger partial charge in [0.2, 0.25) is 0 Å². The Morgan fingerprint density at radius 3 is 2.46 bits per heavy atom. The lowest BCUT2D eigenvalue weighted by molar-refractivity contribution is 0.0204. The van der Waals surface area contributed by atoms with Crippen LogP contribution in [-0.4, -0.2) is 25.3 Å². The molecule has 13 heavy (non-hydrogen) atoms. The molecule has 1 rings (SSSR count). The monoisotopic (exact) mass is 185 g/mol. The standard InChI is InChI=1S/C11H23NO/c1-5-10(9-6-7-9)12-8-11(2,3)13-4/h9-10,12H,5-8H2,1-4H3. The summed E-state index contributed by atoms with van der Waals surface area (Å²) in [6.07, 6.45) is 4.07. The number of rotatable bonds is 6. The van der Waals surface area contributed by atoms with Gasteiger partial charge in [-0.1, -0.05) is 6.92 Å². The highest BCUT2D eigenvalue weighted by molar-refractivity contribution is 4.87. The molecule has 78 valence electrons. The summed E-state index contributed by atoms with van der Waals surface area (Å²) in [4.78, 5) is 0. The van der Waals surface area contributed by atoms with E-state index in [4.69, 9.17) is 4.74 Å². The van der Waals surface area contributed by atoms with Crippen LogP contribution in [-0.2, 0) is 4.74 Å². The molecule has 0 saturated heterocycles. The summed E-state index contributed by atoms with van der Waals surface area (Å²) in [5, 5.41) is 3.60. The number of ether oxygens (including phenoxy) is 1. The second-order valence-corrected chi connectivity index (χ2v) is 4.70. The zero-order valence-electron chi connectivity index (χ0n) is 9.39. The molecule has 1 fully saturated rings. The fraction of sp³-hybridized carbons (Fsp3) is 1.00. The minimum Gasteiger partial charge on any atom is -0.377 e. The Balaban J connectivity index is 2.22. The van der Waals surface area contributed by atoms with Gasteiger partial charge in [0, 0.05) is 19.7 Å². The van der Waals surface area contributed by atoms with Crippen LogP contribution in [0.1, 0.15) is 40.0 Å². The van der Waals surface area contributed by atoms with E-state index in [1.54, 1.807) is 7.11 Å². The Hall–Kier alpha value is -0.0800. The van der Waals surface area contributed by atoms with Gasteiger partial charge in [0.05, 0.1) is 5.60 Å². The van der Waals surface area contributed by atoms with Crippen LogP contribution in [0, 0.1) is 5.92 Å². The van der Waals surface area contributed by atoms with E-state index in [1.165, 1.54) is 19.3 Å². The first-order chi connectivity index (χ1) is 6.09. The molecule has 1 N–H and O–H groups in total. The van der Waals surface area contributed by atoms with Gasteiger partial charge in [-0.15, -0.1) is 0 Å². The van der Waals surface area contributed by atoms with Crippen LogP contribution < -0.4 is 5.32 Å². The van der Waals surface area contributed by atoms with Crippen LogP contribution >= 0.6 is 0 Å². The first-order valence-electron chi connectivity index (χ1n) is 5.37. The van der Waals surface area contributed by atoms with Crippen LogP contribution in [0.25, 0.3) is 0 Å². The molecule has 2 nitrogen and oxygen atoms in total. The van der Waals surface area contributed by atoms with E-state index in [9.17, 15) is 0 Å². The zero-order chi connectivity index (χ0) is 9.90. The van der Waals surface area contributed by atoms with E-state index in [0.717, 1.165) is 18.5 Å². The van der Waals surface area contributed by atoms with E-state index in [0.29, 0.717) is 0 Å². The second kappa shape index (κ2) is 4.43. The minimum atomic E-state index is -0.0255. The molecule has 0 bridgehead atoms. The molecule has 1 aliphatic carbocycles. The third-order valence-corrected chi connectivity index (χ3v) is 2.97. The minimum absolute atomic E-state index is 0.0255. The molecule has 0 aromatic carbocycles. The molecule has 0 aromatic heterocycles. The normalized spacial score (nSPS) is 20.3. The van der Waals surface area contributed by atoms with Crippen molar-refractivity contribution in [3.63, 3.8) is 0 Å². The Morgan fingerprint density at radius 1 is 1.46 bits per heavy atom. The molecule has 0 aliphatic heterocycles. The van der Waals surface area contributed by atoms with Gasteiger partial charge < -0.3 is 10.1 Å². The molecule has 1 aliphatic rings. The van der Waals surface area contributed by atoms with Gasteiger partial charge in [-0.05, 0) is 39.0 Å². The third-order valence-electron chi connectivity index (χ3n) is 2.97. The molecular formula is C11H23NO. The van der Waals surface area contributed by atoms with Gasteiger partial charge in [-0.25, -0.2) is 0 Å². The van der Waals surface area contributed by atoms with Crippen molar-refractivity contribution in [3.8, 4) is 0 Å². The van der Waals surface area contributed by atoms with Crippen LogP contribution in [0.5, 0.6) is 0 Å². The molecule has 1 unspecified atom stereocenters. The van der Waals surface area contributed by atoms with Crippen molar-refractivity contribution in [1.29, 1.82) is 0 Å². The molecule has 0 aromatic rings. The Morgan fingerprint density at radius 2 is 2.08 bits per heavy atom. The van der Waals surface area contributed by atoms with Crippen LogP contribution in [0.3, 0.4) is 0 Å². The third kappa shape index (κ3) is 3.65. The summed E-state index contributed by atoms with van der Waals surface area (Å²) >= 11 is 0. The summed E-state index contributed by atoms with van der Waals surface area (Å²) in [7, 11) is 1.78. The fourth-order valence-corrected chi connectivity index (χ4v) is 1.59. The quantitative estimate of drug-likeness (QED) is 0.685. The van der Waals surface area contributed by atoms with Gasteiger partial charge in [-0.2, -0.15) is 0 Å². The average molecular weight is 185 g/mol. The van der Waals surface area contributed by atoms with Crippen LogP contribution in [0.2, 0.25) is 0 Å². The highest BCUT2D eigenvalue weighted by Crippen LogP contribution is 2.33. The van der Waals surface area contributed by atoms with Crippen molar-refractivity contribution in [2.24, 2.45) is 5.92 Å². The van der Waals surface area contributed by atoms with Gasteiger partial charge >= 0.3 is 0 Å². The number of hydrogen-bond acceptors (Lipinski definition) is 2. The van der Waals surface area contributed by atoms with Gasteiger partial charge in [0.15, 0.2) is 0 Å². The van der Waals surface area contributed by atoms with E-state index < -0.39 is 0 Å². The van der Waals surface area contributed by atoms with E-state index >= 15 is 0 Å². The number of nitrogens with one attached hydrogen (secondary N) is 1. The fourth-order valence-electron chi connectivity index (χ4n) is 1.59. The maximum Gasteiger partial charge on any atom is 0.0746 e. The first-order valence-corrected chi connectivity index (χ1v) is 5.37. The Labute approximate surface area is 82.0 Å². The molecule has 0 heterocycles. The summed E-state index contributed by atoms with van der Waals surface area (Å²) in [6, 6.07) is 0.717. The lowest BCUT2D eigenvalue weighted by Crippen LogP contribution is -2.42. The molecule has 0 spiro atoms. The van der Waals surface area contributed by atoms with E-state index in [-0.39, 0.29) is 5.60 Å². The predicted molar refractivity (Wildman–Crippen MR) is 55.9 cm³/mol. The Kier molecular flexibility index (Phi) is 3.74. The predicted octanol–water partition coefficient (Wildman–Crippen LogP) is 2.19. The SMILES string of the molecule is CCC(NCC(C)(C)OC)C1CC1. The Bertz CT molecular complexity index is 152. The number of methoxy groups -OCH3 is 1. The van der Waals surface area contributed by atoms with Crippen molar-refractivity contribution in [2.75, 3.05) is 13.7 Å². The van der Waals surface area contributed by atoms with Gasteiger partial charge in [0.1, 0.15) is 0 Å². The maximum atomic E-state index is 5.37. The smallest absolute Gasteiger partial charge is 0.0746 e. The maximum absolute atomic E-state index is 5.37. The highest BCUT2D eigenvalue weighted by Gasteiger charge is 2.30. The second-order valence-electron chi connectivity index (χ2n) is 4.70. The number of hydrogen-bond donors (Lipinski definition) is 1. The molecule has 1 saturated carbocycles. The lowest BCUT2D eigenvalue weighted by atomic mass is 10.1. The molecule has 0 radical (unpaired) electrons. The summed E-state index contributed by atoms with van der Waals surface area (Å²) < 4.78 is 5.37. The molecule has 0 amide bonds. The van der Waals surface area contributed by atoms with Crippen molar-refractivity contribution in [3.05, 3.63) is 0 Å². The molecule has 1 atom stereocenters. The molecular weight excluding hydrogens is 162 g/mol. The molecule has 2 heteroatoms. The van der Waals surface area contributed by atoms with Crippen molar-refractivity contribution >= 4 is 0 Å². The highest BCUT2D eigenvalue weighted by atomic mass is 16.5. The lowest BCUT2D eigenvalue weighted by Gasteiger charge is -2.26. The summed E-state index contributed by atoms with van der Waals surface area (Å²) in [6.45, 7) is 7.47. The first kappa shape index (κ1) is 11.0.